The minimum absolute atomic E-state index is 0.0180. The van der Waals surface area contributed by atoms with Gasteiger partial charge in [0, 0.05) is 41.4 Å². The summed E-state index contributed by atoms with van der Waals surface area (Å²) < 4.78 is 79.8. The number of aromatic nitrogens is 2. The van der Waals surface area contributed by atoms with Gasteiger partial charge in [0.15, 0.2) is 16.4 Å². The van der Waals surface area contributed by atoms with Gasteiger partial charge in [0.25, 0.3) is 5.91 Å². The van der Waals surface area contributed by atoms with Gasteiger partial charge in [-0.1, -0.05) is 0 Å². The van der Waals surface area contributed by atoms with Crippen LogP contribution in [-0.2, 0) is 16.4 Å². The lowest BCUT2D eigenvalue weighted by Gasteiger charge is -2.16. The van der Waals surface area contributed by atoms with E-state index in [-0.39, 0.29) is 39.8 Å². The molecule has 2 aromatic heterocycles. The van der Waals surface area contributed by atoms with Crippen LogP contribution in [0.25, 0.3) is 11.3 Å². The molecule has 12 heteroatoms. The smallest absolute Gasteiger partial charge is 0.422 e. The molecule has 0 aliphatic carbocycles. The Hall–Kier alpha value is -3.54. The Labute approximate surface area is 185 Å². The summed E-state index contributed by atoms with van der Waals surface area (Å²) in [6, 6.07) is 7.25. The highest BCUT2D eigenvalue weighted by atomic mass is 32.2. The second kappa shape index (κ2) is 8.10. The van der Waals surface area contributed by atoms with Crippen molar-refractivity contribution < 1.29 is 35.5 Å². The van der Waals surface area contributed by atoms with Crippen LogP contribution in [-0.4, -0.2) is 43.3 Å². The number of alkyl halides is 3. The highest BCUT2D eigenvalue weighted by Gasteiger charge is 2.34. The van der Waals surface area contributed by atoms with E-state index in [0.29, 0.717) is 5.56 Å². The summed E-state index contributed by atoms with van der Waals surface area (Å²) in [5.74, 6) is -1.43. The summed E-state index contributed by atoms with van der Waals surface area (Å²) in [5, 5.41) is 0. The molecule has 0 saturated carbocycles. The van der Waals surface area contributed by atoms with Gasteiger partial charge < -0.3 is 4.74 Å². The lowest BCUT2D eigenvalue weighted by molar-refractivity contribution is -0.153. The number of ether oxygens (including phenoxy) is 1. The van der Waals surface area contributed by atoms with E-state index in [1.54, 1.807) is 0 Å². The second-order valence-electron chi connectivity index (χ2n) is 7.25. The van der Waals surface area contributed by atoms with Crippen LogP contribution in [0.2, 0.25) is 0 Å². The van der Waals surface area contributed by atoms with Gasteiger partial charge in [-0.25, -0.2) is 17.8 Å². The molecule has 0 saturated heterocycles. The summed E-state index contributed by atoms with van der Waals surface area (Å²) in [4.78, 5) is 22.5. The molecule has 0 unspecified atom stereocenters. The molecular weight excluding hydrogens is 466 g/mol. The molecule has 0 radical (unpaired) electrons. The minimum Gasteiger partial charge on any atom is -0.483 e. The molecule has 7 nitrogen and oxygen atoms in total. The largest absolute Gasteiger partial charge is 0.483 e. The van der Waals surface area contributed by atoms with E-state index in [1.807, 2.05) is 0 Å². The Morgan fingerprint density at radius 2 is 1.85 bits per heavy atom. The molecule has 0 atom stereocenters. The van der Waals surface area contributed by atoms with E-state index >= 15 is 0 Å². The highest BCUT2D eigenvalue weighted by molar-refractivity contribution is 7.90. The zero-order valence-electron chi connectivity index (χ0n) is 16.9. The van der Waals surface area contributed by atoms with E-state index in [9.17, 15) is 30.8 Å². The van der Waals surface area contributed by atoms with E-state index in [2.05, 4.69) is 9.97 Å². The number of carbonyl (C=O) groups is 1. The van der Waals surface area contributed by atoms with E-state index in [4.69, 9.17) is 4.74 Å². The Bertz CT molecular complexity index is 1340. The number of pyridine rings is 2. The predicted octanol–water partition coefficient (Wildman–Crippen LogP) is 3.79. The lowest BCUT2D eigenvalue weighted by Crippen LogP contribution is -2.24. The van der Waals surface area contributed by atoms with Gasteiger partial charge in [0.1, 0.15) is 17.4 Å². The standard InChI is InChI=1S/C21H15F4N3O4S/c1-33(30,31)13-3-5-18(27-9-13)28-10-16-14(20(28)29)6-7-26-19(16)15-4-2-12(22)8-17(15)32-11-21(23,24)25/h2-9H,10-11H2,1H3. The van der Waals surface area contributed by atoms with E-state index in [1.165, 1.54) is 35.4 Å². The first-order chi connectivity index (χ1) is 15.4. The summed E-state index contributed by atoms with van der Waals surface area (Å²) >= 11 is 0. The van der Waals surface area contributed by atoms with Crippen LogP contribution < -0.4 is 9.64 Å². The van der Waals surface area contributed by atoms with Crippen LogP contribution in [0.4, 0.5) is 23.4 Å². The van der Waals surface area contributed by atoms with Gasteiger partial charge in [-0.2, -0.15) is 13.2 Å². The number of fused-ring (bicyclic) bond motifs is 1. The average molecular weight is 481 g/mol. The van der Waals surface area contributed by atoms with Gasteiger partial charge in [0.05, 0.1) is 17.1 Å². The van der Waals surface area contributed by atoms with Crippen LogP contribution >= 0.6 is 0 Å². The van der Waals surface area contributed by atoms with Gasteiger partial charge in [-0.15, -0.1) is 0 Å². The first kappa shape index (κ1) is 22.6. The number of hydrogen-bond donors (Lipinski definition) is 0. The molecule has 172 valence electrons. The number of carbonyl (C=O) groups excluding carboxylic acids is 1. The molecule has 1 aliphatic heterocycles. The first-order valence-electron chi connectivity index (χ1n) is 9.39. The van der Waals surface area contributed by atoms with Crippen LogP contribution in [0.1, 0.15) is 15.9 Å². The Balaban J connectivity index is 1.72. The van der Waals surface area contributed by atoms with Crippen LogP contribution in [0.15, 0.2) is 53.7 Å². The first-order valence-corrected chi connectivity index (χ1v) is 11.3. The number of rotatable bonds is 5. The fourth-order valence-electron chi connectivity index (χ4n) is 3.37. The number of benzene rings is 1. The molecule has 3 heterocycles. The van der Waals surface area contributed by atoms with Crippen molar-refractivity contribution in [2.24, 2.45) is 0 Å². The number of sulfone groups is 1. The van der Waals surface area contributed by atoms with Gasteiger partial charge >= 0.3 is 6.18 Å². The third kappa shape index (κ3) is 4.65. The third-order valence-electron chi connectivity index (χ3n) is 4.86. The van der Waals surface area contributed by atoms with E-state index in [0.717, 1.165) is 24.6 Å². The third-order valence-corrected chi connectivity index (χ3v) is 5.96. The van der Waals surface area contributed by atoms with Crippen molar-refractivity contribution in [1.29, 1.82) is 0 Å². The SMILES string of the molecule is CS(=O)(=O)c1ccc(N2Cc3c(ccnc3-c3ccc(F)cc3OCC(F)(F)F)C2=O)nc1. The fraction of sp³-hybridized carbons (Fsp3) is 0.190. The maximum absolute atomic E-state index is 13.7. The van der Waals surface area contributed by atoms with Crippen molar-refractivity contribution in [3.63, 3.8) is 0 Å². The molecule has 4 rings (SSSR count). The molecular formula is C21H15F4N3O4S. The van der Waals surface area contributed by atoms with Crippen molar-refractivity contribution >= 4 is 21.6 Å². The lowest BCUT2D eigenvalue weighted by atomic mass is 10.0. The molecule has 0 spiro atoms. The molecule has 1 amide bonds. The van der Waals surface area contributed by atoms with Crippen molar-refractivity contribution in [2.75, 3.05) is 17.8 Å². The number of hydrogen-bond acceptors (Lipinski definition) is 6. The monoisotopic (exact) mass is 481 g/mol. The summed E-state index contributed by atoms with van der Waals surface area (Å²) in [6.07, 6.45) is -1.17. The quantitative estimate of drug-likeness (QED) is 0.516. The van der Waals surface area contributed by atoms with E-state index < -0.39 is 34.3 Å². The maximum Gasteiger partial charge on any atom is 0.422 e. The van der Waals surface area contributed by atoms with Crippen LogP contribution in [0, 0.1) is 5.82 Å². The van der Waals surface area contributed by atoms with Crippen LogP contribution in [0.5, 0.6) is 5.75 Å². The molecule has 0 N–H and O–H groups in total. The van der Waals surface area contributed by atoms with Gasteiger partial charge in [0.2, 0.25) is 0 Å². The Morgan fingerprint density at radius 1 is 1.09 bits per heavy atom. The molecule has 0 bridgehead atoms. The van der Waals surface area contributed by atoms with Crippen LogP contribution in [0.3, 0.4) is 0 Å². The molecule has 3 aromatic rings. The number of amides is 1. The molecule has 33 heavy (non-hydrogen) atoms. The number of anilines is 1. The van der Waals surface area contributed by atoms with Crippen molar-refractivity contribution in [3.05, 3.63) is 65.7 Å². The molecule has 1 aromatic carbocycles. The summed E-state index contributed by atoms with van der Waals surface area (Å²) in [6.45, 7) is -1.65. The Kier molecular flexibility index (Phi) is 5.56. The topological polar surface area (TPSA) is 89.5 Å². The average Bonchev–Trinajstić information content (AvgIpc) is 3.08. The summed E-state index contributed by atoms with van der Waals surface area (Å²) in [5.41, 5.74) is 0.876. The Morgan fingerprint density at radius 3 is 2.48 bits per heavy atom. The maximum atomic E-state index is 13.7. The number of nitrogens with zero attached hydrogens (tertiary/aromatic N) is 3. The second-order valence-corrected chi connectivity index (χ2v) is 9.26. The predicted molar refractivity (Wildman–Crippen MR) is 109 cm³/mol. The molecule has 0 fully saturated rings. The molecule has 1 aliphatic rings. The van der Waals surface area contributed by atoms with Gasteiger partial charge in [-0.05, 0) is 30.3 Å². The van der Waals surface area contributed by atoms with Gasteiger partial charge in [-0.3, -0.25) is 14.7 Å². The zero-order valence-corrected chi connectivity index (χ0v) is 17.7. The van der Waals surface area contributed by atoms with Crippen molar-refractivity contribution in [2.45, 2.75) is 17.6 Å². The highest BCUT2D eigenvalue weighted by Crippen LogP contribution is 2.38. The zero-order chi connectivity index (χ0) is 24.0. The minimum atomic E-state index is -4.63. The van der Waals surface area contributed by atoms with Crippen molar-refractivity contribution in [3.8, 4) is 17.0 Å². The number of halogens is 4. The fourth-order valence-corrected chi connectivity index (χ4v) is 3.93. The normalized spacial score (nSPS) is 13.8. The van der Waals surface area contributed by atoms with Crippen molar-refractivity contribution in [1.82, 2.24) is 9.97 Å². The summed E-state index contributed by atoms with van der Waals surface area (Å²) in [7, 11) is -3.48.